The molecule has 0 amide bonds. The van der Waals surface area contributed by atoms with Gasteiger partial charge in [-0.1, -0.05) is 6.92 Å². The third-order valence-corrected chi connectivity index (χ3v) is 4.75. The first-order chi connectivity index (χ1) is 9.15. The summed E-state index contributed by atoms with van der Waals surface area (Å²) in [5.74, 6) is 0. The number of nitrogens with one attached hydrogen (secondary N) is 1. The molecule has 1 N–H and O–H groups in total. The van der Waals surface area contributed by atoms with E-state index in [9.17, 15) is 0 Å². The number of methoxy groups -OCH3 is 1. The average Bonchev–Trinajstić information content (AvgIpc) is 3.07. The van der Waals surface area contributed by atoms with Gasteiger partial charge in [0.25, 0.3) is 0 Å². The van der Waals surface area contributed by atoms with Crippen LogP contribution >= 0.6 is 0 Å². The van der Waals surface area contributed by atoms with Crippen LogP contribution in [-0.4, -0.2) is 64.6 Å². The summed E-state index contributed by atoms with van der Waals surface area (Å²) in [7, 11) is 9.92. The van der Waals surface area contributed by atoms with Crippen LogP contribution in [0.5, 0.6) is 0 Å². The summed E-state index contributed by atoms with van der Waals surface area (Å²) in [6, 6.07) is 0.247. The van der Waals surface area contributed by atoms with Crippen molar-refractivity contribution in [1.82, 2.24) is 5.32 Å². The molecule has 19 heavy (non-hydrogen) atoms. The van der Waals surface area contributed by atoms with E-state index in [1.165, 1.54) is 0 Å². The molecule has 3 heterocycles. The van der Waals surface area contributed by atoms with Crippen molar-refractivity contribution in [3.8, 4) is 0 Å². The van der Waals surface area contributed by atoms with E-state index in [4.69, 9.17) is 22.1 Å². The Morgan fingerprint density at radius 2 is 2.37 bits per heavy atom. The molecule has 3 saturated heterocycles. The molecule has 0 aromatic rings. The van der Waals surface area contributed by atoms with Gasteiger partial charge in [0.2, 0.25) is 0 Å². The molecule has 103 valence electrons. The standard InChI is InChI=1S/C13H22B2NO3/c1-3-8-4-10(17-2)12(18-8)15-6-13-5-9(16-7-13)11(14)19-13/h8-12,16H,3-7H2,1-2H3/t8-,9?,10?,11?,12?,13?/m0/s1. The van der Waals surface area contributed by atoms with Crippen molar-refractivity contribution < 1.29 is 14.2 Å². The lowest BCUT2D eigenvalue weighted by Gasteiger charge is -2.31. The zero-order chi connectivity index (χ0) is 13.5. The normalized spacial score (nSPS) is 48.8. The average molecular weight is 262 g/mol. The number of hydrogen-bond acceptors (Lipinski definition) is 4. The Balaban J connectivity index is 1.54. The molecule has 3 radical (unpaired) electrons. The van der Waals surface area contributed by atoms with Gasteiger partial charge in [0.1, 0.15) is 7.85 Å². The monoisotopic (exact) mass is 262 g/mol. The highest BCUT2D eigenvalue weighted by Crippen LogP contribution is 2.38. The highest BCUT2D eigenvalue weighted by atomic mass is 16.6. The van der Waals surface area contributed by atoms with Crippen LogP contribution in [0.4, 0.5) is 0 Å². The van der Waals surface area contributed by atoms with Gasteiger partial charge >= 0.3 is 0 Å². The molecule has 3 aliphatic rings. The van der Waals surface area contributed by atoms with Crippen LogP contribution < -0.4 is 5.32 Å². The van der Waals surface area contributed by atoms with Crippen molar-refractivity contribution >= 4 is 15.1 Å². The predicted octanol–water partition coefficient (Wildman–Crippen LogP) is 0.274. The fourth-order valence-corrected chi connectivity index (χ4v) is 3.55. The second-order valence-electron chi connectivity index (χ2n) is 6.04. The van der Waals surface area contributed by atoms with Crippen molar-refractivity contribution in [2.24, 2.45) is 0 Å². The van der Waals surface area contributed by atoms with Crippen LogP contribution in [0.25, 0.3) is 0 Å². The molecule has 0 saturated carbocycles. The topological polar surface area (TPSA) is 39.7 Å². The van der Waals surface area contributed by atoms with E-state index < -0.39 is 0 Å². The lowest BCUT2D eigenvalue weighted by Crippen LogP contribution is -2.46. The second kappa shape index (κ2) is 5.40. The summed E-state index contributed by atoms with van der Waals surface area (Å²) in [6.07, 6.45) is 4.42. The summed E-state index contributed by atoms with van der Waals surface area (Å²) in [4.78, 5) is 0. The van der Waals surface area contributed by atoms with E-state index in [2.05, 4.69) is 19.5 Å². The molecule has 3 fully saturated rings. The Hall–Kier alpha value is -0.0301. The van der Waals surface area contributed by atoms with Crippen molar-refractivity contribution in [2.45, 2.75) is 68.4 Å². The van der Waals surface area contributed by atoms with E-state index in [1.54, 1.807) is 7.11 Å². The minimum Gasteiger partial charge on any atom is -0.381 e. The minimum absolute atomic E-state index is 0.0869. The second-order valence-corrected chi connectivity index (χ2v) is 6.04. The van der Waals surface area contributed by atoms with Crippen LogP contribution in [0, 0.1) is 0 Å². The van der Waals surface area contributed by atoms with Crippen molar-refractivity contribution in [3.63, 3.8) is 0 Å². The SMILES string of the molecule is [B]C1OC2(C[B]C3O[C@@H](CC)CC3OC)CNC1C2. The molecule has 4 nitrogen and oxygen atoms in total. The van der Waals surface area contributed by atoms with Crippen LogP contribution in [-0.2, 0) is 14.2 Å². The molecule has 0 spiro atoms. The van der Waals surface area contributed by atoms with E-state index in [1.807, 2.05) is 0 Å². The van der Waals surface area contributed by atoms with Crippen LogP contribution in [0.3, 0.4) is 0 Å². The van der Waals surface area contributed by atoms with Gasteiger partial charge in [-0.25, -0.2) is 0 Å². The Morgan fingerprint density at radius 3 is 2.95 bits per heavy atom. The van der Waals surface area contributed by atoms with Gasteiger partial charge in [0.15, 0.2) is 7.28 Å². The quantitative estimate of drug-likeness (QED) is 0.722. The van der Waals surface area contributed by atoms with Gasteiger partial charge < -0.3 is 19.5 Å². The number of fused-ring (bicyclic) bond motifs is 2. The Morgan fingerprint density at radius 1 is 1.53 bits per heavy atom. The summed E-state index contributed by atoms with van der Waals surface area (Å²) < 4.78 is 17.5. The number of ether oxygens (including phenoxy) is 3. The lowest BCUT2D eigenvalue weighted by molar-refractivity contribution is -0.0137. The zero-order valence-electron chi connectivity index (χ0n) is 11.8. The van der Waals surface area contributed by atoms with Gasteiger partial charge in [-0.2, -0.15) is 0 Å². The fourth-order valence-electron chi connectivity index (χ4n) is 3.55. The molecule has 6 heteroatoms. The molecular weight excluding hydrogens is 240 g/mol. The molecule has 3 aliphatic heterocycles. The van der Waals surface area contributed by atoms with Gasteiger partial charge in [-0.15, -0.1) is 0 Å². The zero-order valence-corrected chi connectivity index (χ0v) is 11.8. The van der Waals surface area contributed by atoms with Crippen molar-refractivity contribution in [1.29, 1.82) is 0 Å². The molecular formula is C13H22B2NO3. The number of morpholine rings is 1. The van der Waals surface area contributed by atoms with Crippen molar-refractivity contribution in [3.05, 3.63) is 0 Å². The summed E-state index contributed by atoms with van der Waals surface area (Å²) in [5.41, 5.74) is -0.115. The minimum atomic E-state index is -0.159. The number of hydrogen-bond donors (Lipinski definition) is 1. The third kappa shape index (κ3) is 2.60. The third-order valence-electron chi connectivity index (χ3n) is 4.75. The first-order valence-electron chi connectivity index (χ1n) is 7.34. The summed E-state index contributed by atoms with van der Waals surface area (Å²) in [6.45, 7) is 3.05. The van der Waals surface area contributed by atoms with Crippen LogP contribution in [0.15, 0.2) is 0 Å². The maximum atomic E-state index is 6.02. The van der Waals surface area contributed by atoms with Crippen molar-refractivity contribution in [2.75, 3.05) is 13.7 Å². The summed E-state index contributed by atoms with van der Waals surface area (Å²) >= 11 is 0. The Kier molecular flexibility index (Phi) is 3.96. The van der Waals surface area contributed by atoms with E-state index in [0.717, 1.165) is 32.1 Å². The van der Waals surface area contributed by atoms with Crippen LogP contribution in [0.2, 0.25) is 6.32 Å². The molecule has 3 rings (SSSR count). The van der Waals surface area contributed by atoms with Gasteiger partial charge in [0, 0.05) is 32.1 Å². The maximum Gasteiger partial charge on any atom is 0.156 e. The van der Waals surface area contributed by atoms with E-state index in [0.29, 0.717) is 12.1 Å². The Labute approximate surface area is 117 Å². The van der Waals surface area contributed by atoms with Gasteiger partial charge in [-0.3, -0.25) is 0 Å². The Bertz CT molecular complexity index is 329. The highest BCUT2D eigenvalue weighted by molar-refractivity contribution is 6.38. The molecule has 0 aromatic heterocycles. The predicted molar refractivity (Wildman–Crippen MR) is 74.7 cm³/mol. The molecule has 0 aromatic carbocycles. The first kappa shape index (κ1) is 13.9. The summed E-state index contributed by atoms with van der Waals surface area (Å²) in [5, 5.41) is 3.43. The van der Waals surface area contributed by atoms with Crippen LogP contribution in [0.1, 0.15) is 26.2 Å². The van der Waals surface area contributed by atoms with Gasteiger partial charge in [-0.05, 0) is 19.2 Å². The van der Waals surface area contributed by atoms with E-state index >= 15 is 0 Å². The first-order valence-corrected chi connectivity index (χ1v) is 7.34. The molecule has 2 bridgehead atoms. The highest BCUT2D eigenvalue weighted by Gasteiger charge is 2.50. The lowest BCUT2D eigenvalue weighted by atomic mass is 9.61. The fraction of sp³-hybridized carbons (Fsp3) is 1.00. The number of rotatable bonds is 5. The molecule has 0 aliphatic carbocycles. The largest absolute Gasteiger partial charge is 0.381 e. The van der Waals surface area contributed by atoms with E-state index in [-0.39, 0.29) is 23.7 Å². The maximum absolute atomic E-state index is 6.02. The van der Waals surface area contributed by atoms with Gasteiger partial charge in [0.05, 0.1) is 23.8 Å². The molecule has 6 atom stereocenters. The molecule has 5 unspecified atom stereocenters. The smallest absolute Gasteiger partial charge is 0.156 e.